The number of aromatic nitrogens is 1. The lowest BCUT2D eigenvalue weighted by atomic mass is 10.2. The van der Waals surface area contributed by atoms with Crippen LogP contribution in [0.2, 0.25) is 5.02 Å². The highest BCUT2D eigenvalue weighted by atomic mass is 35.5. The molecule has 0 spiro atoms. The molecule has 0 aliphatic rings. The van der Waals surface area contributed by atoms with Crippen molar-refractivity contribution in [1.29, 1.82) is 0 Å². The molecular formula is C22H22ClN3O4S. The Morgan fingerprint density at radius 1 is 1.00 bits per heavy atom. The fourth-order valence-corrected chi connectivity index (χ4v) is 4.40. The predicted octanol–water partition coefficient (Wildman–Crippen LogP) is 3.07. The normalized spacial score (nSPS) is 11.2. The molecule has 0 bridgehead atoms. The van der Waals surface area contributed by atoms with Crippen molar-refractivity contribution in [2.75, 3.05) is 4.72 Å². The number of nitrogens with zero attached hydrogens (tertiary/aromatic N) is 1. The Morgan fingerprint density at radius 2 is 1.71 bits per heavy atom. The average molecular weight is 460 g/mol. The molecule has 9 heteroatoms. The van der Waals surface area contributed by atoms with Gasteiger partial charge in [-0.1, -0.05) is 54.1 Å². The number of sulfonamides is 1. The summed E-state index contributed by atoms with van der Waals surface area (Å²) in [6, 6.07) is 18.7. The maximum atomic E-state index is 12.8. The Balaban J connectivity index is 1.71. The fourth-order valence-electron chi connectivity index (χ4n) is 2.99. The number of aryl methyl sites for hydroxylation is 1. The summed E-state index contributed by atoms with van der Waals surface area (Å²) in [6.07, 6.45) is 0. The number of halogens is 1. The van der Waals surface area contributed by atoms with E-state index in [9.17, 15) is 18.0 Å². The maximum absolute atomic E-state index is 12.8. The highest BCUT2D eigenvalue weighted by Gasteiger charge is 2.16. The fraction of sp³-hybridized carbons (Fsp3) is 0.182. The topological polar surface area (TPSA) is 97.3 Å². The van der Waals surface area contributed by atoms with Crippen molar-refractivity contribution in [2.45, 2.75) is 25.8 Å². The van der Waals surface area contributed by atoms with Gasteiger partial charge in [-0.2, -0.15) is 0 Å². The molecule has 0 atom stereocenters. The number of amides is 1. The molecule has 0 aliphatic heterocycles. The molecule has 3 aromatic rings. The zero-order valence-electron chi connectivity index (χ0n) is 16.8. The molecule has 7 nitrogen and oxygen atoms in total. The van der Waals surface area contributed by atoms with E-state index in [1.165, 1.54) is 10.6 Å². The molecule has 0 saturated heterocycles. The van der Waals surface area contributed by atoms with E-state index >= 15 is 0 Å². The third-order valence-electron chi connectivity index (χ3n) is 4.54. The van der Waals surface area contributed by atoms with Crippen molar-refractivity contribution in [3.05, 3.63) is 98.9 Å². The minimum Gasteiger partial charge on any atom is -0.350 e. The molecule has 3 rings (SSSR count). The Labute approximate surface area is 185 Å². The first-order chi connectivity index (χ1) is 14.7. The number of hydrogen-bond donors (Lipinski definition) is 2. The molecule has 0 radical (unpaired) electrons. The van der Waals surface area contributed by atoms with E-state index in [0.29, 0.717) is 16.3 Å². The summed E-state index contributed by atoms with van der Waals surface area (Å²) >= 11 is 5.94. The first-order valence-electron chi connectivity index (χ1n) is 9.49. The molecule has 2 N–H and O–H groups in total. The lowest BCUT2D eigenvalue weighted by Crippen LogP contribution is -2.34. The van der Waals surface area contributed by atoms with Crippen LogP contribution in [0.3, 0.4) is 0 Å². The van der Waals surface area contributed by atoms with Gasteiger partial charge in [0, 0.05) is 17.3 Å². The van der Waals surface area contributed by atoms with Gasteiger partial charge < -0.3 is 9.88 Å². The van der Waals surface area contributed by atoms with Crippen LogP contribution >= 0.6 is 11.6 Å². The van der Waals surface area contributed by atoms with Gasteiger partial charge in [-0.15, -0.1) is 0 Å². The number of anilines is 1. The van der Waals surface area contributed by atoms with Crippen LogP contribution in [0, 0.1) is 6.92 Å². The molecule has 0 saturated carbocycles. The predicted molar refractivity (Wildman–Crippen MR) is 121 cm³/mol. The number of benzene rings is 2. The Morgan fingerprint density at radius 3 is 2.42 bits per heavy atom. The van der Waals surface area contributed by atoms with Crippen LogP contribution in [0.1, 0.15) is 16.8 Å². The van der Waals surface area contributed by atoms with Gasteiger partial charge in [0.25, 0.3) is 5.56 Å². The largest absolute Gasteiger partial charge is 0.350 e. The summed E-state index contributed by atoms with van der Waals surface area (Å²) in [6.45, 7) is 1.70. The van der Waals surface area contributed by atoms with Crippen LogP contribution in [0.4, 0.5) is 5.69 Å². The van der Waals surface area contributed by atoms with Gasteiger partial charge in [0.05, 0.1) is 5.75 Å². The summed E-state index contributed by atoms with van der Waals surface area (Å²) < 4.78 is 28.5. The summed E-state index contributed by atoms with van der Waals surface area (Å²) in [5.74, 6) is -0.643. The lowest BCUT2D eigenvalue weighted by molar-refractivity contribution is -0.121. The second kappa shape index (κ2) is 9.80. The number of carbonyl (C=O) groups excluding carboxylic acids is 1. The minimum absolute atomic E-state index is 0.107. The quantitative estimate of drug-likeness (QED) is 0.541. The Hall–Kier alpha value is -3.10. The Bertz CT molecular complexity index is 1240. The smallest absolute Gasteiger partial charge is 0.275 e. The third-order valence-corrected chi connectivity index (χ3v) is 6.02. The number of carbonyl (C=O) groups is 1. The second-order valence-electron chi connectivity index (χ2n) is 7.03. The van der Waals surface area contributed by atoms with Gasteiger partial charge in [-0.25, -0.2) is 8.42 Å². The number of nitrogens with one attached hydrogen (secondary N) is 2. The molecule has 0 unspecified atom stereocenters. The lowest BCUT2D eigenvalue weighted by Gasteiger charge is -2.14. The monoisotopic (exact) mass is 459 g/mol. The van der Waals surface area contributed by atoms with E-state index in [0.717, 1.165) is 5.56 Å². The summed E-state index contributed by atoms with van der Waals surface area (Å²) in [7, 11) is -3.79. The highest BCUT2D eigenvalue weighted by Crippen LogP contribution is 2.12. The first kappa shape index (κ1) is 22.6. The van der Waals surface area contributed by atoms with Crippen LogP contribution in [0.25, 0.3) is 0 Å². The van der Waals surface area contributed by atoms with Crippen molar-refractivity contribution in [2.24, 2.45) is 0 Å². The minimum atomic E-state index is -3.79. The Kier molecular flexibility index (Phi) is 7.14. The molecule has 0 aliphatic carbocycles. The van der Waals surface area contributed by atoms with Crippen molar-refractivity contribution < 1.29 is 13.2 Å². The van der Waals surface area contributed by atoms with E-state index in [4.69, 9.17) is 11.6 Å². The molecular weight excluding hydrogens is 438 g/mol. The highest BCUT2D eigenvalue weighted by molar-refractivity contribution is 7.91. The van der Waals surface area contributed by atoms with Gasteiger partial charge in [-0.05, 0) is 42.3 Å². The second-order valence-corrected chi connectivity index (χ2v) is 9.19. The molecule has 1 aromatic heterocycles. The van der Waals surface area contributed by atoms with Crippen molar-refractivity contribution in [3.8, 4) is 0 Å². The van der Waals surface area contributed by atoms with Gasteiger partial charge in [-0.3, -0.25) is 14.3 Å². The van der Waals surface area contributed by atoms with E-state index < -0.39 is 15.6 Å². The molecule has 31 heavy (non-hydrogen) atoms. The van der Waals surface area contributed by atoms with Gasteiger partial charge in [0.2, 0.25) is 15.9 Å². The van der Waals surface area contributed by atoms with Crippen molar-refractivity contribution in [1.82, 2.24) is 9.88 Å². The van der Waals surface area contributed by atoms with Crippen LogP contribution in [-0.2, 0) is 33.7 Å². The van der Waals surface area contributed by atoms with E-state index in [2.05, 4.69) is 10.0 Å². The van der Waals surface area contributed by atoms with Crippen LogP contribution < -0.4 is 15.6 Å². The van der Waals surface area contributed by atoms with Crippen molar-refractivity contribution in [3.63, 3.8) is 0 Å². The zero-order valence-corrected chi connectivity index (χ0v) is 18.4. The zero-order chi connectivity index (χ0) is 22.4. The molecule has 162 valence electrons. The molecule has 1 heterocycles. The first-order valence-corrected chi connectivity index (χ1v) is 11.5. The number of rotatable bonds is 8. The van der Waals surface area contributed by atoms with Crippen LogP contribution in [0.5, 0.6) is 0 Å². The maximum Gasteiger partial charge on any atom is 0.275 e. The van der Waals surface area contributed by atoms with E-state index in [1.54, 1.807) is 61.5 Å². The van der Waals surface area contributed by atoms with Gasteiger partial charge in [0.1, 0.15) is 12.2 Å². The molecule has 0 fully saturated rings. The standard InChI is InChI=1S/C22H22ClN3O4S/c1-16-10-11-20(25-31(29,30)15-17-6-3-2-4-7-17)22(28)26(16)14-21(27)24-13-18-8-5-9-19(23)12-18/h2-12,25H,13-15H2,1H3,(H,24,27). The van der Waals surface area contributed by atoms with Crippen molar-refractivity contribution >= 4 is 33.2 Å². The molecule has 1 amide bonds. The number of hydrogen-bond acceptors (Lipinski definition) is 4. The van der Waals surface area contributed by atoms with Crippen LogP contribution in [-0.4, -0.2) is 18.9 Å². The van der Waals surface area contributed by atoms with Crippen LogP contribution in [0.15, 0.2) is 71.5 Å². The number of pyridine rings is 1. The van der Waals surface area contributed by atoms with Gasteiger partial charge >= 0.3 is 0 Å². The summed E-state index contributed by atoms with van der Waals surface area (Å²) in [5.41, 5.74) is 1.27. The summed E-state index contributed by atoms with van der Waals surface area (Å²) in [4.78, 5) is 25.2. The molecule has 2 aromatic carbocycles. The van der Waals surface area contributed by atoms with E-state index in [1.807, 2.05) is 6.07 Å². The van der Waals surface area contributed by atoms with E-state index in [-0.39, 0.29) is 30.4 Å². The summed E-state index contributed by atoms with van der Waals surface area (Å²) in [5, 5.41) is 3.30. The third kappa shape index (κ3) is 6.44. The SMILES string of the molecule is Cc1ccc(NS(=O)(=O)Cc2ccccc2)c(=O)n1CC(=O)NCc1cccc(Cl)c1. The van der Waals surface area contributed by atoms with Gasteiger partial charge in [0.15, 0.2) is 0 Å². The average Bonchev–Trinajstić information content (AvgIpc) is 2.72.